The standard InChI is InChI=1S/C28H34N2O3/c1-3-32-27(31)22-28(2,20-23-10-5-4-6-11-23)21-24-13-15-25(16-14-24)33-19-9-18-30-26-12-7-8-17-29-26/h4-8,10-17H,3,9,18-22H2,1-2H3,(H,29,30). The fourth-order valence-electron chi connectivity index (χ4n) is 3.98. The summed E-state index contributed by atoms with van der Waals surface area (Å²) in [5.74, 6) is 1.59. The third kappa shape index (κ3) is 8.60. The van der Waals surface area contributed by atoms with Gasteiger partial charge in [0.05, 0.1) is 19.6 Å². The van der Waals surface area contributed by atoms with Crippen LogP contribution >= 0.6 is 0 Å². The lowest BCUT2D eigenvalue weighted by atomic mass is 9.76. The van der Waals surface area contributed by atoms with Crippen LogP contribution in [-0.2, 0) is 22.4 Å². The molecule has 1 aromatic heterocycles. The minimum absolute atomic E-state index is 0.143. The van der Waals surface area contributed by atoms with Crippen LogP contribution in [0.2, 0.25) is 0 Å². The first kappa shape index (κ1) is 24.3. The van der Waals surface area contributed by atoms with Crippen molar-refractivity contribution < 1.29 is 14.3 Å². The molecule has 0 saturated carbocycles. The van der Waals surface area contributed by atoms with Crippen LogP contribution in [0.25, 0.3) is 0 Å². The average molecular weight is 447 g/mol. The first-order chi connectivity index (χ1) is 16.1. The number of aromatic nitrogens is 1. The van der Waals surface area contributed by atoms with E-state index in [0.29, 0.717) is 19.6 Å². The molecule has 0 aliphatic rings. The molecule has 0 amide bonds. The van der Waals surface area contributed by atoms with Gasteiger partial charge in [-0.3, -0.25) is 4.79 Å². The molecule has 1 heterocycles. The lowest BCUT2D eigenvalue weighted by molar-refractivity contribution is -0.145. The Hall–Kier alpha value is -3.34. The second-order valence-electron chi connectivity index (χ2n) is 8.62. The molecule has 5 heteroatoms. The average Bonchev–Trinajstić information content (AvgIpc) is 2.81. The zero-order chi connectivity index (χ0) is 23.4. The van der Waals surface area contributed by atoms with Crippen molar-refractivity contribution in [1.82, 2.24) is 4.98 Å². The Bertz CT molecular complexity index is 961. The number of anilines is 1. The van der Waals surface area contributed by atoms with Crippen molar-refractivity contribution in [3.05, 3.63) is 90.1 Å². The maximum atomic E-state index is 12.3. The SMILES string of the molecule is CCOC(=O)CC(C)(Cc1ccccc1)Cc1ccc(OCCCNc2ccccn2)cc1. The number of pyridine rings is 1. The van der Waals surface area contributed by atoms with Crippen LogP contribution in [0.4, 0.5) is 5.82 Å². The fourth-order valence-corrected chi connectivity index (χ4v) is 3.98. The summed E-state index contributed by atoms with van der Waals surface area (Å²) in [5, 5.41) is 3.28. The molecule has 0 aliphatic carbocycles. The van der Waals surface area contributed by atoms with E-state index in [4.69, 9.17) is 9.47 Å². The van der Waals surface area contributed by atoms with Gasteiger partial charge in [0, 0.05) is 12.7 Å². The highest BCUT2D eigenvalue weighted by molar-refractivity contribution is 5.70. The molecule has 0 bridgehead atoms. The van der Waals surface area contributed by atoms with Gasteiger partial charge in [-0.25, -0.2) is 4.98 Å². The normalized spacial score (nSPS) is 12.5. The summed E-state index contributed by atoms with van der Waals surface area (Å²) in [4.78, 5) is 16.6. The van der Waals surface area contributed by atoms with Crippen LogP contribution in [0.5, 0.6) is 5.75 Å². The van der Waals surface area contributed by atoms with E-state index in [1.54, 1.807) is 6.20 Å². The van der Waals surface area contributed by atoms with Crippen LogP contribution < -0.4 is 10.1 Å². The van der Waals surface area contributed by atoms with Gasteiger partial charge in [0.1, 0.15) is 11.6 Å². The monoisotopic (exact) mass is 446 g/mol. The predicted molar refractivity (Wildman–Crippen MR) is 132 cm³/mol. The highest BCUT2D eigenvalue weighted by atomic mass is 16.5. The molecule has 5 nitrogen and oxygen atoms in total. The summed E-state index contributed by atoms with van der Waals surface area (Å²) in [6.45, 7) is 5.86. The number of esters is 1. The van der Waals surface area contributed by atoms with Crippen molar-refractivity contribution in [2.24, 2.45) is 5.41 Å². The summed E-state index contributed by atoms with van der Waals surface area (Å²) in [5.41, 5.74) is 2.18. The quantitative estimate of drug-likeness (QED) is 0.269. The van der Waals surface area contributed by atoms with Crippen molar-refractivity contribution in [3.63, 3.8) is 0 Å². The largest absolute Gasteiger partial charge is 0.494 e. The van der Waals surface area contributed by atoms with E-state index in [9.17, 15) is 4.79 Å². The first-order valence-electron chi connectivity index (χ1n) is 11.6. The Morgan fingerprint density at radius 1 is 0.939 bits per heavy atom. The van der Waals surface area contributed by atoms with Crippen LogP contribution in [0, 0.1) is 5.41 Å². The molecule has 33 heavy (non-hydrogen) atoms. The lowest BCUT2D eigenvalue weighted by Crippen LogP contribution is -2.27. The molecular weight excluding hydrogens is 412 g/mol. The number of ether oxygens (including phenoxy) is 2. The van der Waals surface area contributed by atoms with Crippen molar-refractivity contribution in [3.8, 4) is 5.75 Å². The van der Waals surface area contributed by atoms with E-state index in [2.05, 4.69) is 41.5 Å². The molecule has 1 unspecified atom stereocenters. The zero-order valence-electron chi connectivity index (χ0n) is 19.6. The lowest BCUT2D eigenvalue weighted by Gasteiger charge is -2.29. The Balaban J connectivity index is 1.52. The van der Waals surface area contributed by atoms with Crippen molar-refractivity contribution in [2.75, 3.05) is 25.1 Å². The molecule has 3 rings (SSSR count). The van der Waals surface area contributed by atoms with Crippen molar-refractivity contribution in [1.29, 1.82) is 0 Å². The van der Waals surface area contributed by atoms with E-state index in [1.165, 1.54) is 11.1 Å². The maximum Gasteiger partial charge on any atom is 0.306 e. The number of hydrogen-bond acceptors (Lipinski definition) is 5. The van der Waals surface area contributed by atoms with E-state index in [0.717, 1.165) is 37.4 Å². The van der Waals surface area contributed by atoms with E-state index < -0.39 is 0 Å². The summed E-state index contributed by atoms with van der Waals surface area (Å²) in [6.07, 6.45) is 4.64. The minimum Gasteiger partial charge on any atom is -0.494 e. The molecule has 0 radical (unpaired) electrons. The van der Waals surface area contributed by atoms with E-state index in [1.807, 2.05) is 55.5 Å². The molecule has 0 spiro atoms. The number of rotatable bonds is 13. The number of hydrogen-bond donors (Lipinski definition) is 1. The summed E-state index contributed by atoms with van der Waals surface area (Å²) >= 11 is 0. The van der Waals surface area contributed by atoms with E-state index in [-0.39, 0.29) is 11.4 Å². The molecule has 0 aliphatic heterocycles. The number of nitrogens with zero attached hydrogens (tertiary/aromatic N) is 1. The smallest absolute Gasteiger partial charge is 0.306 e. The Morgan fingerprint density at radius 3 is 2.30 bits per heavy atom. The Morgan fingerprint density at radius 2 is 1.64 bits per heavy atom. The predicted octanol–water partition coefficient (Wildman–Crippen LogP) is 5.71. The zero-order valence-corrected chi connectivity index (χ0v) is 19.6. The third-order valence-electron chi connectivity index (χ3n) is 5.47. The number of nitrogens with one attached hydrogen (secondary N) is 1. The Kier molecular flexibility index (Phi) is 9.31. The van der Waals surface area contributed by atoms with Gasteiger partial charge in [-0.05, 0) is 67.0 Å². The summed E-state index contributed by atoms with van der Waals surface area (Å²) in [6, 6.07) is 24.3. The minimum atomic E-state index is -0.229. The van der Waals surface area contributed by atoms with Gasteiger partial charge in [0.2, 0.25) is 0 Å². The number of carbonyl (C=O) groups is 1. The van der Waals surface area contributed by atoms with Crippen LogP contribution in [0.15, 0.2) is 79.0 Å². The topological polar surface area (TPSA) is 60.5 Å². The molecule has 0 fully saturated rings. The molecular formula is C28H34N2O3. The molecule has 1 N–H and O–H groups in total. The molecule has 0 saturated heterocycles. The molecule has 2 aromatic carbocycles. The molecule has 174 valence electrons. The van der Waals surface area contributed by atoms with Crippen LogP contribution in [-0.4, -0.2) is 30.7 Å². The Labute approximate surface area is 197 Å². The first-order valence-corrected chi connectivity index (χ1v) is 11.6. The second kappa shape index (κ2) is 12.6. The van der Waals surface area contributed by atoms with Gasteiger partial charge in [-0.2, -0.15) is 0 Å². The maximum absolute atomic E-state index is 12.3. The van der Waals surface area contributed by atoms with E-state index >= 15 is 0 Å². The molecule has 3 aromatic rings. The van der Waals surface area contributed by atoms with Gasteiger partial charge in [-0.15, -0.1) is 0 Å². The highest BCUT2D eigenvalue weighted by Crippen LogP contribution is 2.32. The number of benzene rings is 2. The van der Waals surface area contributed by atoms with Crippen molar-refractivity contribution in [2.45, 2.75) is 39.5 Å². The van der Waals surface area contributed by atoms with Crippen LogP contribution in [0.3, 0.4) is 0 Å². The highest BCUT2D eigenvalue weighted by Gasteiger charge is 2.29. The summed E-state index contributed by atoms with van der Waals surface area (Å²) < 4.78 is 11.1. The van der Waals surface area contributed by atoms with Gasteiger partial charge >= 0.3 is 5.97 Å². The third-order valence-corrected chi connectivity index (χ3v) is 5.47. The fraction of sp³-hybridized carbons (Fsp3) is 0.357. The van der Waals surface area contributed by atoms with Crippen LogP contribution in [0.1, 0.15) is 37.8 Å². The van der Waals surface area contributed by atoms with Gasteiger partial charge in [-0.1, -0.05) is 55.5 Å². The van der Waals surface area contributed by atoms with Gasteiger partial charge < -0.3 is 14.8 Å². The summed E-state index contributed by atoms with van der Waals surface area (Å²) in [7, 11) is 0. The van der Waals surface area contributed by atoms with Gasteiger partial charge in [0.15, 0.2) is 0 Å². The van der Waals surface area contributed by atoms with Crippen molar-refractivity contribution >= 4 is 11.8 Å². The van der Waals surface area contributed by atoms with Gasteiger partial charge in [0.25, 0.3) is 0 Å². The second-order valence-corrected chi connectivity index (χ2v) is 8.62. The number of carbonyl (C=O) groups excluding carboxylic acids is 1. The molecule has 1 atom stereocenters.